The van der Waals surface area contributed by atoms with Crippen LogP contribution in [0.1, 0.15) is 71.6 Å². The molecule has 0 saturated heterocycles. The molecule has 0 radical (unpaired) electrons. The van der Waals surface area contributed by atoms with Crippen molar-refractivity contribution in [3.63, 3.8) is 0 Å². The lowest BCUT2D eigenvalue weighted by Crippen LogP contribution is -2.41. The molecule has 2 fully saturated rings. The number of rotatable bonds is 7. The van der Waals surface area contributed by atoms with E-state index in [1.54, 1.807) is 0 Å². The lowest BCUT2D eigenvalue weighted by molar-refractivity contribution is 0.165. The lowest BCUT2D eigenvalue weighted by atomic mass is 9.73. The van der Waals surface area contributed by atoms with E-state index in [0.717, 1.165) is 23.8 Å². The maximum Gasteiger partial charge on any atom is 0.0101 e. The minimum Gasteiger partial charge on any atom is -0.314 e. The SMILES string of the molecule is CCCNC(CC1CC1)C1CCCCC1CC. The van der Waals surface area contributed by atoms with Gasteiger partial charge in [-0.15, -0.1) is 0 Å². The molecule has 1 heteroatoms. The van der Waals surface area contributed by atoms with Crippen molar-refractivity contribution in [2.24, 2.45) is 17.8 Å². The third-order valence-electron chi connectivity index (χ3n) is 4.95. The standard InChI is InChI=1S/C16H31N/c1-3-11-17-16(12-13-9-10-13)15-8-6-5-7-14(15)4-2/h13-17H,3-12H2,1-2H3. The van der Waals surface area contributed by atoms with Crippen LogP contribution >= 0.6 is 0 Å². The zero-order chi connectivity index (χ0) is 12.1. The van der Waals surface area contributed by atoms with Crippen LogP contribution in [-0.4, -0.2) is 12.6 Å². The van der Waals surface area contributed by atoms with Crippen molar-refractivity contribution in [1.29, 1.82) is 0 Å². The molecule has 0 heterocycles. The molecular formula is C16H31N. The Morgan fingerprint density at radius 1 is 1.06 bits per heavy atom. The number of nitrogens with one attached hydrogen (secondary N) is 1. The fourth-order valence-electron chi connectivity index (χ4n) is 3.72. The van der Waals surface area contributed by atoms with E-state index in [9.17, 15) is 0 Å². The molecule has 2 aliphatic rings. The smallest absolute Gasteiger partial charge is 0.0101 e. The highest BCUT2D eigenvalue weighted by molar-refractivity contribution is 4.89. The van der Waals surface area contributed by atoms with E-state index < -0.39 is 0 Å². The van der Waals surface area contributed by atoms with Crippen LogP contribution in [0.5, 0.6) is 0 Å². The van der Waals surface area contributed by atoms with Crippen molar-refractivity contribution in [1.82, 2.24) is 5.32 Å². The maximum absolute atomic E-state index is 3.87. The first-order valence-electron chi connectivity index (χ1n) is 8.08. The van der Waals surface area contributed by atoms with Gasteiger partial charge in [-0.1, -0.05) is 52.4 Å². The van der Waals surface area contributed by atoms with Gasteiger partial charge in [-0.25, -0.2) is 0 Å². The van der Waals surface area contributed by atoms with Crippen LogP contribution in [0.2, 0.25) is 0 Å². The Labute approximate surface area is 108 Å². The molecule has 0 spiro atoms. The average Bonchev–Trinajstić information content (AvgIpc) is 3.18. The van der Waals surface area contributed by atoms with Crippen molar-refractivity contribution < 1.29 is 0 Å². The van der Waals surface area contributed by atoms with Crippen molar-refractivity contribution >= 4 is 0 Å². The minimum absolute atomic E-state index is 0.840. The van der Waals surface area contributed by atoms with Gasteiger partial charge in [-0.2, -0.15) is 0 Å². The fourth-order valence-corrected chi connectivity index (χ4v) is 3.72. The van der Waals surface area contributed by atoms with Gasteiger partial charge in [0.1, 0.15) is 0 Å². The molecule has 17 heavy (non-hydrogen) atoms. The Morgan fingerprint density at radius 3 is 2.47 bits per heavy atom. The van der Waals surface area contributed by atoms with E-state index in [0.29, 0.717) is 0 Å². The summed E-state index contributed by atoms with van der Waals surface area (Å²) in [7, 11) is 0. The monoisotopic (exact) mass is 237 g/mol. The zero-order valence-corrected chi connectivity index (χ0v) is 11.9. The number of hydrogen-bond acceptors (Lipinski definition) is 1. The third kappa shape index (κ3) is 3.98. The van der Waals surface area contributed by atoms with E-state index in [2.05, 4.69) is 19.2 Å². The summed E-state index contributed by atoms with van der Waals surface area (Å²) in [5.74, 6) is 3.07. The summed E-state index contributed by atoms with van der Waals surface area (Å²) in [5, 5.41) is 3.87. The summed E-state index contributed by atoms with van der Waals surface area (Å²) in [4.78, 5) is 0. The van der Waals surface area contributed by atoms with Crippen molar-refractivity contribution in [2.75, 3.05) is 6.54 Å². The second-order valence-corrected chi connectivity index (χ2v) is 6.36. The molecule has 1 N–H and O–H groups in total. The van der Waals surface area contributed by atoms with Crippen LogP contribution < -0.4 is 5.32 Å². The first kappa shape index (κ1) is 13.4. The largest absolute Gasteiger partial charge is 0.314 e. The van der Waals surface area contributed by atoms with E-state index in [1.165, 1.54) is 64.3 Å². The molecular weight excluding hydrogens is 206 g/mol. The molecule has 0 bridgehead atoms. The summed E-state index contributed by atoms with van der Waals surface area (Å²) in [6.07, 6.45) is 13.1. The Morgan fingerprint density at radius 2 is 1.82 bits per heavy atom. The topological polar surface area (TPSA) is 12.0 Å². The Balaban J connectivity index is 1.90. The Kier molecular flexibility index (Phi) is 5.34. The Hall–Kier alpha value is -0.0400. The summed E-state index contributed by atoms with van der Waals surface area (Å²) in [5.41, 5.74) is 0. The van der Waals surface area contributed by atoms with Gasteiger partial charge >= 0.3 is 0 Å². The Bertz CT molecular complexity index is 210. The van der Waals surface area contributed by atoms with Crippen LogP contribution in [0.4, 0.5) is 0 Å². The predicted octanol–water partition coefficient (Wildman–Crippen LogP) is 4.37. The van der Waals surface area contributed by atoms with E-state index in [-0.39, 0.29) is 0 Å². The van der Waals surface area contributed by atoms with Gasteiger partial charge in [0.25, 0.3) is 0 Å². The second-order valence-electron chi connectivity index (χ2n) is 6.36. The van der Waals surface area contributed by atoms with Crippen molar-refractivity contribution in [3.8, 4) is 0 Å². The lowest BCUT2D eigenvalue weighted by Gasteiger charge is -2.37. The average molecular weight is 237 g/mol. The molecule has 3 atom stereocenters. The van der Waals surface area contributed by atoms with Crippen molar-refractivity contribution in [3.05, 3.63) is 0 Å². The summed E-state index contributed by atoms with van der Waals surface area (Å²) < 4.78 is 0. The molecule has 100 valence electrons. The van der Waals surface area contributed by atoms with Crippen molar-refractivity contribution in [2.45, 2.75) is 77.7 Å². The zero-order valence-electron chi connectivity index (χ0n) is 11.9. The highest BCUT2D eigenvalue weighted by Crippen LogP contribution is 2.40. The van der Waals surface area contributed by atoms with Crippen LogP contribution in [0, 0.1) is 17.8 Å². The van der Waals surface area contributed by atoms with Gasteiger partial charge in [0.15, 0.2) is 0 Å². The van der Waals surface area contributed by atoms with E-state index >= 15 is 0 Å². The fraction of sp³-hybridized carbons (Fsp3) is 1.00. The minimum atomic E-state index is 0.840. The van der Waals surface area contributed by atoms with Crippen LogP contribution in [0.15, 0.2) is 0 Å². The molecule has 0 amide bonds. The number of hydrogen-bond donors (Lipinski definition) is 1. The van der Waals surface area contributed by atoms with Gasteiger partial charge in [0.05, 0.1) is 0 Å². The molecule has 3 unspecified atom stereocenters. The summed E-state index contributed by atoms with van der Waals surface area (Å²) >= 11 is 0. The quantitative estimate of drug-likeness (QED) is 0.693. The predicted molar refractivity (Wildman–Crippen MR) is 75.2 cm³/mol. The van der Waals surface area contributed by atoms with E-state index in [1.807, 2.05) is 0 Å². The summed E-state index contributed by atoms with van der Waals surface area (Å²) in [6, 6.07) is 0.840. The van der Waals surface area contributed by atoms with Gasteiger partial charge in [0, 0.05) is 6.04 Å². The highest BCUT2D eigenvalue weighted by atomic mass is 14.9. The highest BCUT2D eigenvalue weighted by Gasteiger charge is 2.34. The normalized spacial score (nSPS) is 31.4. The second kappa shape index (κ2) is 6.78. The van der Waals surface area contributed by atoms with E-state index in [4.69, 9.17) is 0 Å². The van der Waals surface area contributed by atoms with Crippen LogP contribution in [0.3, 0.4) is 0 Å². The maximum atomic E-state index is 3.87. The first-order valence-corrected chi connectivity index (χ1v) is 8.08. The molecule has 1 nitrogen and oxygen atoms in total. The van der Waals surface area contributed by atoms with Gasteiger partial charge in [0.2, 0.25) is 0 Å². The third-order valence-corrected chi connectivity index (χ3v) is 4.95. The van der Waals surface area contributed by atoms with Gasteiger partial charge < -0.3 is 5.32 Å². The molecule has 0 aliphatic heterocycles. The molecule has 2 rings (SSSR count). The van der Waals surface area contributed by atoms with Crippen LogP contribution in [0.25, 0.3) is 0 Å². The molecule has 2 saturated carbocycles. The molecule has 0 aromatic rings. The van der Waals surface area contributed by atoms with Crippen LogP contribution in [-0.2, 0) is 0 Å². The van der Waals surface area contributed by atoms with Gasteiger partial charge in [-0.3, -0.25) is 0 Å². The summed E-state index contributed by atoms with van der Waals surface area (Å²) in [6.45, 7) is 5.92. The molecule has 0 aromatic carbocycles. The first-order chi connectivity index (χ1) is 8.35. The molecule has 2 aliphatic carbocycles. The van der Waals surface area contributed by atoms with Gasteiger partial charge in [-0.05, 0) is 43.6 Å². The molecule has 0 aromatic heterocycles.